The molecule has 0 heterocycles. The van der Waals surface area contributed by atoms with Crippen LogP contribution in [0.5, 0.6) is 5.75 Å². The van der Waals surface area contributed by atoms with Gasteiger partial charge in [0.15, 0.2) is 22.2 Å². The molecule has 2 rings (SSSR count). The van der Waals surface area contributed by atoms with Crippen molar-refractivity contribution in [2.24, 2.45) is 0 Å². The average Bonchev–Trinajstić information content (AvgIpc) is 2.58. The molecule has 0 aliphatic carbocycles. The molecule has 132 valence electrons. The van der Waals surface area contributed by atoms with E-state index in [9.17, 15) is 23.3 Å². The summed E-state index contributed by atoms with van der Waals surface area (Å²) in [6, 6.07) is 12.2. The number of rotatable bonds is 7. The summed E-state index contributed by atoms with van der Waals surface area (Å²) in [5.41, 5.74) is 0.248. The fourth-order valence-corrected chi connectivity index (χ4v) is 2.55. The Morgan fingerprint density at radius 1 is 1.16 bits per heavy atom. The molecule has 0 amide bonds. The molecule has 2 aromatic rings. The highest BCUT2D eigenvalue weighted by Gasteiger charge is 2.20. The Bertz CT molecular complexity index is 879. The highest BCUT2D eigenvalue weighted by atomic mass is 32.2. The lowest BCUT2D eigenvalue weighted by molar-refractivity contribution is -0.386. The molecular weight excluding hydrogens is 350 g/mol. The van der Waals surface area contributed by atoms with Gasteiger partial charge in [-0.05, 0) is 17.7 Å². The van der Waals surface area contributed by atoms with Crippen LogP contribution < -0.4 is 4.74 Å². The summed E-state index contributed by atoms with van der Waals surface area (Å²) in [4.78, 5) is 21.8. The third-order valence-corrected chi connectivity index (χ3v) is 4.25. The summed E-state index contributed by atoms with van der Waals surface area (Å²) in [6.07, 6.45) is 0.938. The van der Waals surface area contributed by atoms with Crippen LogP contribution in [0.3, 0.4) is 0 Å². The fourth-order valence-electron chi connectivity index (χ4n) is 1.91. The first kappa shape index (κ1) is 18.4. The molecule has 0 spiro atoms. The molecule has 8 nitrogen and oxygen atoms in total. The molecule has 0 aliphatic rings. The maximum absolute atomic E-state index is 11.7. The van der Waals surface area contributed by atoms with Crippen molar-refractivity contribution in [2.75, 3.05) is 12.9 Å². The molecule has 0 radical (unpaired) electrons. The largest absolute Gasteiger partial charge is 0.475 e. The summed E-state index contributed by atoms with van der Waals surface area (Å²) in [5.74, 6) is -0.917. The smallest absolute Gasteiger partial charge is 0.344 e. The number of nitrogens with zero attached hydrogens (tertiary/aromatic N) is 1. The molecule has 0 fully saturated rings. The summed E-state index contributed by atoms with van der Waals surface area (Å²) in [5, 5.41) is 11.1. The standard InChI is InChI=1S/C16H15NO7S/c1-25(21,22)13-7-8-15(14(9-13)17(19)20)23-11-16(18)24-10-12-5-3-2-4-6-12/h2-9H,10-11H2,1H3. The topological polar surface area (TPSA) is 113 Å². The van der Waals surface area contributed by atoms with Gasteiger partial charge < -0.3 is 9.47 Å². The normalized spacial score (nSPS) is 10.9. The predicted molar refractivity (Wildman–Crippen MR) is 87.9 cm³/mol. The summed E-state index contributed by atoms with van der Waals surface area (Å²) in [7, 11) is -3.60. The number of carbonyl (C=O) groups excluding carboxylic acids is 1. The first-order valence-electron chi connectivity index (χ1n) is 7.08. The Balaban J connectivity index is 2.02. The lowest BCUT2D eigenvalue weighted by Crippen LogP contribution is -2.15. The van der Waals surface area contributed by atoms with E-state index in [4.69, 9.17) is 9.47 Å². The van der Waals surface area contributed by atoms with Gasteiger partial charge in [-0.15, -0.1) is 0 Å². The van der Waals surface area contributed by atoms with Gasteiger partial charge in [-0.2, -0.15) is 0 Å². The maximum Gasteiger partial charge on any atom is 0.344 e. The highest BCUT2D eigenvalue weighted by Crippen LogP contribution is 2.29. The van der Waals surface area contributed by atoms with E-state index in [1.807, 2.05) is 6.07 Å². The van der Waals surface area contributed by atoms with Crippen molar-refractivity contribution in [3.8, 4) is 5.75 Å². The number of benzene rings is 2. The van der Waals surface area contributed by atoms with Crippen molar-refractivity contribution in [3.05, 3.63) is 64.2 Å². The molecule has 0 aliphatic heterocycles. The van der Waals surface area contributed by atoms with E-state index in [2.05, 4.69) is 0 Å². The van der Waals surface area contributed by atoms with Crippen LogP contribution in [-0.4, -0.2) is 32.2 Å². The first-order valence-corrected chi connectivity index (χ1v) is 8.97. The fraction of sp³-hybridized carbons (Fsp3) is 0.188. The van der Waals surface area contributed by atoms with Gasteiger partial charge in [-0.1, -0.05) is 30.3 Å². The van der Waals surface area contributed by atoms with Gasteiger partial charge in [-0.25, -0.2) is 13.2 Å². The summed E-state index contributed by atoms with van der Waals surface area (Å²) < 4.78 is 33.0. The molecule has 0 saturated heterocycles. The Morgan fingerprint density at radius 2 is 1.84 bits per heavy atom. The number of hydrogen-bond acceptors (Lipinski definition) is 7. The van der Waals surface area contributed by atoms with Crippen LogP contribution in [0.1, 0.15) is 5.56 Å². The number of hydrogen-bond donors (Lipinski definition) is 0. The van der Waals surface area contributed by atoms with Crippen molar-refractivity contribution in [1.82, 2.24) is 0 Å². The number of carbonyl (C=O) groups is 1. The average molecular weight is 365 g/mol. The van der Waals surface area contributed by atoms with Crippen LogP contribution in [0, 0.1) is 10.1 Å². The monoisotopic (exact) mass is 365 g/mol. The second-order valence-electron chi connectivity index (χ2n) is 5.09. The third-order valence-electron chi connectivity index (χ3n) is 3.14. The highest BCUT2D eigenvalue weighted by molar-refractivity contribution is 7.90. The van der Waals surface area contributed by atoms with Gasteiger partial charge >= 0.3 is 11.7 Å². The first-order chi connectivity index (χ1) is 11.8. The van der Waals surface area contributed by atoms with E-state index < -0.39 is 33.0 Å². The predicted octanol–water partition coefficient (Wildman–Crippen LogP) is 2.12. The number of sulfone groups is 1. The summed E-state index contributed by atoms with van der Waals surface area (Å²) in [6.45, 7) is -0.482. The van der Waals surface area contributed by atoms with Crippen molar-refractivity contribution < 1.29 is 27.6 Å². The zero-order valence-corrected chi connectivity index (χ0v) is 14.1. The SMILES string of the molecule is CS(=O)(=O)c1ccc(OCC(=O)OCc2ccccc2)c([N+](=O)[O-])c1. The zero-order valence-electron chi connectivity index (χ0n) is 13.2. The van der Waals surface area contributed by atoms with Gasteiger partial charge in [0.25, 0.3) is 0 Å². The van der Waals surface area contributed by atoms with Gasteiger partial charge in [0, 0.05) is 12.3 Å². The number of nitro groups is 1. The molecule has 0 atom stereocenters. The zero-order chi connectivity index (χ0) is 18.4. The molecule has 0 N–H and O–H groups in total. The molecule has 0 saturated carbocycles. The van der Waals surface area contributed by atoms with E-state index >= 15 is 0 Å². The third kappa shape index (κ3) is 5.28. The molecule has 0 unspecified atom stereocenters. The van der Waals surface area contributed by atoms with Crippen LogP contribution in [-0.2, 0) is 26.0 Å². The Labute approximate surface area is 144 Å². The van der Waals surface area contributed by atoms with E-state index in [-0.39, 0.29) is 17.3 Å². The quantitative estimate of drug-likeness (QED) is 0.419. The minimum Gasteiger partial charge on any atom is -0.475 e. The Kier molecular flexibility index (Phi) is 5.71. The molecule has 25 heavy (non-hydrogen) atoms. The van der Waals surface area contributed by atoms with Gasteiger partial charge in [0.2, 0.25) is 0 Å². The van der Waals surface area contributed by atoms with Crippen LogP contribution in [0.15, 0.2) is 53.4 Å². The maximum atomic E-state index is 11.7. The minimum absolute atomic E-state index is 0.0537. The van der Waals surface area contributed by atoms with E-state index in [1.165, 1.54) is 6.07 Å². The van der Waals surface area contributed by atoms with E-state index in [1.54, 1.807) is 24.3 Å². The molecule has 0 aromatic heterocycles. The van der Waals surface area contributed by atoms with E-state index in [0.29, 0.717) is 0 Å². The van der Waals surface area contributed by atoms with Crippen molar-refractivity contribution >= 4 is 21.5 Å². The van der Waals surface area contributed by atoms with Crippen molar-refractivity contribution in [1.29, 1.82) is 0 Å². The lowest BCUT2D eigenvalue weighted by atomic mass is 10.2. The Morgan fingerprint density at radius 3 is 2.44 bits per heavy atom. The molecule has 9 heteroatoms. The minimum atomic E-state index is -3.60. The lowest BCUT2D eigenvalue weighted by Gasteiger charge is -2.08. The van der Waals surface area contributed by atoms with Crippen LogP contribution >= 0.6 is 0 Å². The number of nitro benzene ring substituents is 1. The summed E-state index contributed by atoms with van der Waals surface area (Å²) >= 11 is 0. The van der Waals surface area contributed by atoms with Crippen LogP contribution in [0.4, 0.5) is 5.69 Å². The van der Waals surface area contributed by atoms with Crippen molar-refractivity contribution in [2.45, 2.75) is 11.5 Å². The number of esters is 1. The second kappa shape index (κ2) is 7.75. The van der Waals surface area contributed by atoms with Crippen LogP contribution in [0.25, 0.3) is 0 Å². The number of ether oxygens (including phenoxy) is 2. The van der Waals surface area contributed by atoms with E-state index in [0.717, 1.165) is 24.0 Å². The molecule has 0 bridgehead atoms. The molecular formula is C16H15NO7S. The van der Waals surface area contributed by atoms with Gasteiger partial charge in [0.05, 0.1) is 9.82 Å². The second-order valence-corrected chi connectivity index (χ2v) is 7.11. The van der Waals surface area contributed by atoms with Gasteiger partial charge in [0.1, 0.15) is 6.61 Å². The molecule has 2 aromatic carbocycles. The van der Waals surface area contributed by atoms with Crippen molar-refractivity contribution in [3.63, 3.8) is 0 Å². The Hall–Kier alpha value is -2.94. The van der Waals surface area contributed by atoms with Gasteiger partial charge in [-0.3, -0.25) is 10.1 Å². The van der Waals surface area contributed by atoms with Crippen LogP contribution in [0.2, 0.25) is 0 Å².